The maximum absolute atomic E-state index is 12.2. The Balaban J connectivity index is 2.61. The van der Waals surface area contributed by atoms with Gasteiger partial charge in [-0.05, 0) is 24.6 Å². The quantitative estimate of drug-likeness (QED) is 0.687. The minimum Gasteiger partial charge on any atom is -0.744 e. The first-order valence-electron chi connectivity index (χ1n) is 5.70. The number of hydrogen-bond donors (Lipinski definition) is 1. The lowest BCUT2D eigenvalue weighted by Gasteiger charge is -2.13. The number of rotatable bonds is 3. The average molecular weight is 291 g/mol. The summed E-state index contributed by atoms with van der Waals surface area (Å²) in [5, 5.41) is 9.80. The van der Waals surface area contributed by atoms with Gasteiger partial charge < -0.3 is 9.66 Å². The summed E-state index contributed by atoms with van der Waals surface area (Å²) in [5.74, 6) is -0.906. The van der Waals surface area contributed by atoms with E-state index in [0.29, 0.717) is 5.56 Å². The van der Waals surface area contributed by atoms with E-state index in [-0.39, 0.29) is 16.9 Å². The molecule has 0 aliphatic heterocycles. The molecule has 0 heterocycles. The van der Waals surface area contributed by atoms with Crippen molar-refractivity contribution in [3.05, 3.63) is 59.2 Å². The van der Waals surface area contributed by atoms with Crippen LogP contribution in [0.3, 0.4) is 0 Å². The van der Waals surface area contributed by atoms with Crippen molar-refractivity contribution in [3.8, 4) is 5.75 Å². The summed E-state index contributed by atoms with van der Waals surface area (Å²) in [4.78, 5) is 11.7. The minimum atomic E-state index is -4.70. The number of phenols is 1. The van der Waals surface area contributed by atoms with Crippen LogP contribution in [-0.2, 0) is 10.1 Å². The fourth-order valence-electron chi connectivity index (χ4n) is 1.87. The van der Waals surface area contributed by atoms with Crippen molar-refractivity contribution in [2.75, 3.05) is 0 Å². The van der Waals surface area contributed by atoms with E-state index in [0.717, 1.165) is 12.1 Å². The van der Waals surface area contributed by atoms with Gasteiger partial charge in [0.2, 0.25) is 0 Å². The van der Waals surface area contributed by atoms with Crippen LogP contribution >= 0.6 is 0 Å². The lowest BCUT2D eigenvalue weighted by atomic mass is 10.0. The maximum Gasteiger partial charge on any atom is 0.196 e. The molecule has 0 spiro atoms. The van der Waals surface area contributed by atoms with Crippen molar-refractivity contribution in [2.24, 2.45) is 0 Å². The van der Waals surface area contributed by atoms with Gasteiger partial charge in [-0.2, -0.15) is 0 Å². The highest BCUT2D eigenvalue weighted by molar-refractivity contribution is 7.85. The third kappa shape index (κ3) is 2.71. The molecule has 2 rings (SSSR count). The molecule has 0 aromatic heterocycles. The number of carbonyl (C=O) groups excluding carboxylic acids is 1. The van der Waals surface area contributed by atoms with E-state index in [1.807, 2.05) is 0 Å². The van der Waals surface area contributed by atoms with E-state index >= 15 is 0 Å². The average Bonchev–Trinajstić information content (AvgIpc) is 2.37. The molecule has 0 radical (unpaired) electrons. The molecule has 0 saturated carbocycles. The number of ketones is 1. The van der Waals surface area contributed by atoms with Crippen LogP contribution in [0.1, 0.15) is 21.5 Å². The number of carbonyl (C=O) groups is 1. The fraction of sp³-hybridized carbons (Fsp3) is 0.0714. The van der Waals surface area contributed by atoms with Gasteiger partial charge in [0.25, 0.3) is 0 Å². The number of benzene rings is 2. The van der Waals surface area contributed by atoms with Gasteiger partial charge in [0.15, 0.2) is 5.78 Å². The topological polar surface area (TPSA) is 94.5 Å². The summed E-state index contributed by atoms with van der Waals surface area (Å²) in [5.41, 5.74) is 0.180. The Hall–Kier alpha value is -2.18. The first-order valence-corrected chi connectivity index (χ1v) is 7.11. The zero-order valence-electron chi connectivity index (χ0n) is 10.5. The maximum atomic E-state index is 12.2. The molecule has 2 aromatic carbocycles. The molecule has 20 heavy (non-hydrogen) atoms. The molecule has 0 amide bonds. The van der Waals surface area contributed by atoms with E-state index in [1.165, 1.54) is 19.1 Å². The second kappa shape index (κ2) is 5.07. The van der Waals surface area contributed by atoms with Crippen LogP contribution in [0, 0.1) is 6.92 Å². The summed E-state index contributed by atoms with van der Waals surface area (Å²) >= 11 is 0. The number of aromatic hydroxyl groups is 1. The molecule has 6 heteroatoms. The molecule has 0 atom stereocenters. The molecule has 2 aromatic rings. The molecule has 5 nitrogen and oxygen atoms in total. The Labute approximate surface area is 116 Å². The molecule has 104 valence electrons. The van der Waals surface area contributed by atoms with E-state index in [1.54, 1.807) is 18.2 Å². The third-order valence-electron chi connectivity index (χ3n) is 2.84. The standard InChI is InChI=1S/C14H12O5S/c1-9-7-12(15)11(8-13(9)20(17,18)19)14(16)10-5-3-2-4-6-10/h2-8,15H,1H3,(H,17,18,19)/p-1. The van der Waals surface area contributed by atoms with Gasteiger partial charge in [-0.15, -0.1) is 0 Å². The Morgan fingerprint density at radius 1 is 1.15 bits per heavy atom. The van der Waals surface area contributed by atoms with Crippen molar-refractivity contribution in [3.63, 3.8) is 0 Å². The monoisotopic (exact) mass is 291 g/mol. The van der Waals surface area contributed by atoms with Crippen LogP contribution in [0.5, 0.6) is 5.75 Å². The lowest BCUT2D eigenvalue weighted by molar-refractivity contribution is 0.103. The van der Waals surface area contributed by atoms with Gasteiger partial charge in [-0.1, -0.05) is 30.3 Å². The van der Waals surface area contributed by atoms with Crippen molar-refractivity contribution in [1.29, 1.82) is 0 Å². The van der Waals surface area contributed by atoms with Crippen molar-refractivity contribution in [2.45, 2.75) is 11.8 Å². The highest BCUT2D eigenvalue weighted by Gasteiger charge is 2.17. The zero-order chi connectivity index (χ0) is 14.9. The van der Waals surface area contributed by atoms with Crippen molar-refractivity contribution < 1.29 is 22.9 Å². The van der Waals surface area contributed by atoms with Crippen LogP contribution in [0.15, 0.2) is 47.4 Å². The van der Waals surface area contributed by atoms with Crippen molar-refractivity contribution in [1.82, 2.24) is 0 Å². The Morgan fingerprint density at radius 2 is 1.75 bits per heavy atom. The van der Waals surface area contributed by atoms with Crippen LogP contribution in [0.25, 0.3) is 0 Å². The molecule has 0 aliphatic rings. The van der Waals surface area contributed by atoms with Gasteiger partial charge in [0.05, 0.1) is 10.5 Å². The van der Waals surface area contributed by atoms with E-state index in [4.69, 9.17) is 0 Å². The summed E-state index contributed by atoms with van der Waals surface area (Å²) in [6.45, 7) is 1.38. The Bertz CT molecular complexity index is 764. The molecule has 0 unspecified atom stereocenters. The smallest absolute Gasteiger partial charge is 0.196 e. The predicted molar refractivity (Wildman–Crippen MR) is 70.7 cm³/mol. The second-order valence-electron chi connectivity index (χ2n) is 4.28. The van der Waals surface area contributed by atoms with Crippen LogP contribution in [0.2, 0.25) is 0 Å². The van der Waals surface area contributed by atoms with Crippen LogP contribution in [0.4, 0.5) is 0 Å². The lowest BCUT2D eigenvalue weighted by Crippen LogP contribution is -2.07. The largest absolute Gasteiger partial charge is 0.744 e. The van der Waals surface area contributed by atoms with E-state index < -0.39 is 20.8 Å². The molecule has 1 N–H and O–H groups in total. The molecule has 0 fully saturated rings. The first kappa shape index (κ1) is 14.2. The van der Waals surface area contributed by atoms with Crippen molar-refractivity contribution >= 4 is 15.9 Å². The van der Waals surface area contributed by atoms with Gasteiger partial charge in [0, 0.05) is 5.56 Å². The minimum absolute atomic E-state index is 0.0992. The molecule has 0 bridgehead atoms. The third-order valence-corrected chi connectivity index (χ3v) is 3.82. The zero-order valence-corrected chi connectivity index (χ0v) is 11.3. The Kier molecular flexibility index (Phi) is 3.61. The number of hydrogen-bond acceptors (Lipinski definition) is 5. The van der Waals surface area contributed by atoms with Crippen LogP contribution < -0.4 is 0 Å². The van der Waals surface area contributed by atoms with Gasteiger partial charge in [0.1, 0.15) is 15.9 Å². The van der Waals surface area contributed by atoms with Gasteiger partial charge in [-0.25, -0.2) is 8.42 Å². The summed E-state index contributed by atoms with van der Waals surface area (Å²) < 4.78 is 33.4. The molecule has 0 aliphatic carbocycles. The predicted octanol–water partition coefficient (Wildman–Crippen LogP) is 1.84. The number of phenolic OH excluding ortho intramolecular Hbond substituents is 1. The number of aryl methyl sites for hydroxylation is 1. The second-order valence-corrected chi connectivity index (χ2v) is 5.63. The van der Waals surface area contributed by atoms with Gasteiger partial charge >= 0.3 is 0 Å². The first-order chi connectivity index (χ1) is 9.30. The van der Waals surface area contributed by atoms with Gasteiger partial charge in [-0.3, -0.25) is 4.79 Å². The summed E-state index contributed by atoms with van der Waals surface area (Å²) in [6, 6.07) is 10.1. The highest BCUT2D eigenvalue weighted by atomic mass is 32.2. The van der Waals surface area contributed by atoms with E-state index in [2.05, 4.69) is 0 Å². The van der Waals surface area contributed by atoms with E-state index in [9.17, 15) is 22.9 Å². The summed E-state index contributed by atoms with van der Waals surface area (Å²) in [7, 11) is -4.70. The highest BCUT2D eigenvalue weighted by Crippen LogP contribution is 2.27. The Morgan fingerprint density at radius 3 is 2.30 bits per heavy atom. The molecule has 0 saturated heterocycles. The SMILES string of the molecule is Cc1cc(O)c(C(=O)c2ccccc2)cc1S(=O)(=O)[O-]. The molecular weight excluding hydrogens is 280 g/mol. The summed E-state index contributed by atoms with van der Waals surface area (Å²) in [6.07, 6.45) is 0. The van der Waals surface area contributed by atoms with Crippen LogP contribution in [-0.4, -0.2) is 23.9 Å². The molecular formula is C14H11O5S-. The normalized spacial score (nSPS) is 11.3. The fourth-order valence-corrected chi connectivity index (χ4v) is 2.58.